The summed E-state index contributed by atoms with van der Waals surface area (Å²) in [5, 5.41) is 9.47. The molecule has 0 radical (unpaired) electrons. The zero-order valence-corrected chi connectivity index (χ0v) is 18.1. The number of likely N-dealkylation sites (tertiary alicyclic amines) is 1. The van der Waals surface area contributed by atoms with Crippen LogP contribution in [0.2, 0.25) is 5.02 Å². The molecule has 1 aromatic rings. The van der Waals surface area contributed by atoms with Crippen LogP contribution in [0.5, 0.6) is 0 Å². The maximum absolute atomic E-state index is 13.6. The Hall–Kier alpha value is -2.03. The Morgan fingerprint density at radius 2 is 2.03 bits per heavy atom. The van der Waals surface area contributed by atoms with Crippen molar-refractivity contribution in [2.75, 3.05) is 45.8 Å². The van der Waals surface area contributed by atoms with Crippen molar-refractivity contribution >= 4 is 29.5 Å². The summed E-state index contributed by atoms with van der Waals surface area (Å²) in [5.74, 6) is -0.725. The van der Waals surface area contributed by atoms with Crippen LogP contribution < -0.4 is 0 Å². The van der Waals surface area contributed by atoms with Gasteiger partial charge in [-0.2, -0.15) is 0 Å². The zero-order valence-electron chi connectivity index (χ0n) is 17.4. The second-order valence-corrected chi connectivity index (χ2v) is 8.40. The molecule has 0 bridgehead atoms. The molecule has 2 heterocycles. The monoisotopic (exact) mass is 455 g/mol. The van der Waals surface area contributed by atoms with E-state index in [4.69, 9.17) is 11.6 Å². The van der Waals surface area contributed by atoms with Gasteiger partial charge in [0.2, 0.25) is 11.8 Å². The number of alkyl halides is 1. The lowest BCUT2D eigenvalue weighted by Gasteiger charge is -2.32. The minimum Gasteiger partial charge on any atom is -0.390 e. The fourth-order valence-electron chi connectivity index (χ4n) is 3.86. The quantitative estimate of drug-likeness (QED) is 0.669. The summed E-state index contributed by atoms with van der Waals surface area (Å²) in [6.45, 7) is 3.33. The number of amides is 2. The predicted octanol–water partition coefficient (Wildman–Crippen LogP) is 2.35. The molecule has 2 fully saturated rings. The lowest BCUT2D eigenvalue weighted by atomic mass is 10.1. The minimum atomic E-state index is -1.22. The van der Waals surface area contributed by atoms with Crippen LogP contribution in [0.15, 0.2) is 24.3 Å². The molecule has 0 aliphatic carbocycles. The third-order valence-electron chi connectivity index (χ3n) is 5.76. The fourth-order valence-corrected chi connectivity index (χ4v) is 4.05. The van der Waals surface area contributed by atoms with Gasteiger partial charge in [-0.05, 0) is 43.2 Å². The van der Waals surface area contributed by atoms with Gasteiger partial charge in [-0.15, -0.1) is 0 Å². The Bertz CT molecular complexity index is 823. The lowest BCUT2D eigenvalue weighted by molar-refractivity contribution is -0.130. The number of hydrogen-bond donors (Lipinski definition) is 1. The standard InChI is InChI=1S/C22H28ClF2N3O3/c23-17-14-16(2-4-18(17)24)3-5-21(30)28-11-7-22(31)27(12-13-28)9-1-8-26-10-6-20(29)19(25)15-26/h2-5,14,19-20,29H,1,6-13,15H2/b5-3+/t19-,20-/m0/s1. The van der Waals surface area contributed by atoms with Crippen LogP contribution in [0.25, 0.3) is 6.08 Å². The van der Waals surface area contributed by atoms with E-state index in [0.29, 0.717) is 57.7 Å². The van der Waals surface area contributed by atoms with Crippen LogP contribution in [0.3, 0.4) is 0 Å². The maximum Gasteiger partial charge on any atom is 0.246 e. The number of hydrogen-bond acceptors (Lipinski definition) is 4. The van der Waals surface area contributed by atoms with Crippen molar-refractivity contribution in [3.8, 4) is 0 Å². The van der Waals surface area contributed by atoms with E-state index < -0.39 is 18.1 Å². The van der Waals surface area contributed by atoms with Gasteiger partial charge in [-0.25, -0.2) is 8.78 Å². The molecule has 6 nitrogen and oxygen atoms in total. The highest BCUT2D eigenvalue weighted by molar-refractivity contribution is 6.30. The van der Waals surface area contributed by atoms with Crippen LogP contribution in [0.1, 0.15) is 24.8 Å². The first-order chi connectivity index (χ1) is 14.8. The SMILES string of the molecule is O=C(/C=C/c1ccc(F)c(Cl)c1)N1CCC(=O)N(CCCN2CC[C@H](O)[C@@H](F)C2)CC1. The molecule has 2 aliphatic rings. The summed E-state index contributed by atoms with van der Waals surface area (Å²) in [5.41, 5.74) is 0.619. The number of aliphatic hydroxyl groups excluding tert-OH is 1. The molecule has 3 rings (SSSR count). The van der Waals surface area contributed by atoms with E-state index in [1.54, 1.807) is 15.9 Å². The normalized spacial score (nSPS) is 23.4. The predicted molar refractivity (Wildman–Crippen MR) is 115 cm³/mol. The number of carbonyl (C=O) groups is 2. The van der Waals surface area contributed by atoms with Crippen molar-refractivity contribution in [3.63, 3.8) is 0 Å². The van der Waals surface area contributed by atoms with Gasteiger partial charge < -0.3 is 19.8 Å². The third kappa shape index (κ3) is 6.72. The van der Waals surface area contributed by atoms with E-state index in [0.717, 1.165) is 0 Å². The number of rotatable bonds is 6. The summed E-state index contributed by atoms with van der Waals surface area (Å²) in [6.07, 6.45) is 2.29. The van der Waals surface area contributed by atoms with Crippen molar-refractivity contribution in [1.29, 1.82) is 0 Å². The van der Waals surface area contributed by atoms with E-state index in [1.807, 2.05) is 4.90 Å². The Kier molecular flexibility index (Phi) is 8.40. The molecule has 170 valence electrons. The summed E-state index contributed by atoms with van der Waals surface area (Å²) in [6, 6.07) is 4.23. The Balaban J connectivity index is 1.45. The summed E-state index contributed by atoms with van der Waals surface area (Å²) in [4.78, 5) is 30.3. The third-order valence-corrected chi connectivity index (χ3v) is 6.05. The second-order valence-electron chi connectivity index (χ2n) is 7.99. The molecule has 31 heavy (non-hydrogen) atoms. The molecule has 2 saturated heterocycles. The fraction of sp³-hybridized carbons (Fsp3) is 0.545. The molecule has 0 aromatic heterocycles. The molecule has 0 unspecified atom stereocenters. The van der Waals surface area contributed by atoms with Crippen molar-refractivity contribution < 1.29 is 23.5 Å². The van der Waals surface area contributed by atoms with E-state index in [1.165, 1.54) is 24.3 Å². The number of aliphatic hydroxyl groups is 1. The van der Waals surface area contributed by atoms with Gasteiger partial charge in [0, 0.05) is 51.8 Å². The van der Waals surface area contributed by atoms with E-state index in [-0.39, 0.29) is 29.8 Å². The molecule has 1 aromatic carbocycles. The Morgan fingerprint density at radius 1 is 1.23 bits per heavy atom. The van der Waals surface area contributed by atoms with E-state index in [9.17, 15) is 23.5 Å². The molecule has 0 saturated carbocycles. The van der Waals surface area contributed by atoms with Gasteiger partial charge in [0.15, 0.2) is 0 Å². The molecule has 9 heteroatoms. The van der Waals surface area contributed by atoms with Crippen LogP contribution in [0.4, 0.5) is 8.78 Å². The molecule has 1 N–H and O–H groups in total. The summed E-state index contributed by atoms with van der Waals surface area (Å²) >= 11 is 5.76. The van der Waals surface area contributed by atoms with Gasteiger partial charge in [0.05, 0.1) is 11.1 Å². The first-order valence-electron chi connectivity index (χ1n) is 10.6. The number of carbonyl (C=O) groups excluding carboxylic acids is 2. The van der Waals surface area contributed by atoms with Crippen LogP contribution in [-0.2, 0) is 9.59 Å². The smallest absolute Gasteiger partial charge is 0.246 e. The highest BCUT2D eigenvalue weighted by Gasteiger charge is 2.27. The molecule has 2 amide bonds. The summed E-state index contributed by atoms with van der Waals surface area (Å²) in [7, 11) is 0. The average molecular weight is 456 g/mol. The number of benzene rings is 1. The first kappa shape index (κ1) is 23.6. The van der Waals surface area contributed by atoms with Gasteiger partial charge in [0.25, 0.3) is 0 Å². The molecule has 0 spiro atoms. The average Bonchev–Trinajstić information content (AvgIpc) is 2.93. The highest BCUT2D eigenvalue weighted by atomic mass is 35.5. The Labute approximate surface area is 186 Å². The van der Waals surface area contributed by atoms with Crippen molar-refractivity contribution in [2.24, 2.45) is 0 Å². The van der Waals surface area contributed by atoms with Gasteiger partial charge in [0.1, 0.15) is 12.0 Å². The van der Waals surface area contributed by atoms with Crippen molar-refractivity contribution in [1.82, 2.24) is 14.7 Å². The van der Waals surface area contributed by atoms with Crippen molar-refractivity contribution in [2.45, 2.75) is 31.5 Å². The topological polar surface area (TPSA) is 64.1 Å². The van der Waals surface area contributed by atoms with E-state index in [2.05, 4.69) is 0 Å². The number of nitrogens with zero attached hydrogens (tertiary/aromatic N) is 3. The second kappa shape index (κ2) is 11.0. The van der Waals surface area contributed by atoms with E-state index >= 15 is 0 Å². The van der Waals surface area contributed by atoms with Crippen LogP contribution in [-0.4, -0.2) is 89.7 Å². The number of halogens is 3. The highest BCUT2D eigenvalue weighted by Crippen LogP contribution is 2.17. The molecule has 2 atom stereocenters. The van der Waals surface area contributed by atoms with Gasteiger partial charge in [-0.3, -0.25) is 9.59 Å². The zero-order chi connectivity index (χ0) is 22.4. The largest absolute Gasteiger partial charge is 0.390 e. The first-order valence-corrected chi connectivity index (χ1v) is 11.0. The number of piperidine rings is 1. The van der Waals surface area contributed by atoms with Crippen LogP contribution in [0, 0.1) is 5.82 Å². The van der Waals surface area contributed by atoms with Gasteiger partial charge >= 0.3 is 0 Å². The summed E-state index contributed by atoms with van der Waals surface area (Å²) < 4.78 is 26.9. The van der Waals surface area contributed by atoms with Crippen LogP contribution >= 0.6 is 11.6 Å². The maximum atomic E-state index is 13.6. The molecule has 2 aliphatic heterocycles. The minimum absolute atomic E-state index is 0.00188. The van der Waals surface area contributed by atoms with Crippen molar-refractivity contribution in [3.05, 3.63) is 40.7 Å². The molecular weight excluding hydrogens is 428 g/mol. The Morgan fingerprint density at radius 3 is 2.77 bits per heavy atom. The molecular formula is C22H28ClF2N3O3. The lowest BCUT2D eigenvalue weighted by Crippen LogP contribution is -2.45. The van der Waals surface area contributed by atoms with Gasteiger partial charge in [-0.1, -0.05) is 17.7 Å².